The number of carbonyl (C=O) groups is 1. The number of hydrogen-bond donors (Lipinski definition) is 1. The lowest BCUT2D eigenvalue weighted by Gasteiger charge is -2.12. The second-order valence-electron chi connectivity index (χ2n) is 7.14. The summed E-state index contributed by atoms with van der Waals surface area (Å²) < 4.78 is 23.4. The second-order valence-corrected chi connectivity index (χ2v) is 9.56. The van der Waals surface area contributed by atoms with Gasteiger partial charge in [-0.3, -0.25) is 4.79 Å². The molecule has 4 rings (SSSR count). The maximum absolute atomic E-state index is 12.8. The summed E-state index contributed by atoms with van der Waals surface area (Å²) in [6, 6.07) is 17.3. The predicted molar refractivity (Wildman–Crippen MR) is 122 cm³/mol. The van der Waals surface area contributed by atoms with E-state index in [-0.39, 0.29) is 15.5 Å². The van der Waals surface area contributed by atoms with Crippen LogP contribution in [0.2, 0.25) is 5.02 Å². The van der Waals surface area contributed by atoms with Crippen molar-refractivity contribution in [1.82, 2.24) is 9.97 Å². The molecule has 3 aromatic carbocycles. The van der Waals surface area contributed by atoms with Crippen LogP contribution in [0.25, 0.3) is 22.2 Å². The summed E-state index contributed by atoms with van der Waals surface area (Å²) in [4.78, 5) is 21.6. The van der Waals surface area contributed by atoms with E-state index in [9.17, 15) is 13.2 Å². The second kappa shape index (κ2) is 8.09. The highest BCUT2D eigenvalue weighted by Crippen LogP contribution is 2.30. The van der Waals surface area contributed by atoms with Gasteiger partial charge in [-0.25, -0.2) is 18.4 Å². The van der Waals surface area contributed by atoms with Crippen molar-refractivity contribution in [2.75, 3.05) is 11.6 Å². The number of anilines is 1. The van der Waals surface area contributed by atoms with Crippen molar-refractivity contribution in [3.05, 3.63) is 83.1 Å². The highest BCUT2D eigenvalue weighted by Gasteiger charge is 2.16. The van der Waals surface area contributed by atoms with Crippen LogP contribution >= 0.6 is 11.6 Å². The van der Waals surface area contributed by atoms with Crippen LogP contribution in [0.4, 0.5) is 5.69 Å². The maximum Gasteiger partial charge on any atom is 0.257 e. The van der Waals surface area contributed by atoms with Crippen LogP contribution in [-0.4, -0.2) is 30.5 Å². The van der Waals surface area contributed by atoms with Crippen molar-refractivity contribution in [2.45, 2.75) is 11.8 Å². The summed E-state index contributed by atoms with van der Waals surface area (Å²) >= 11 is 6.17. The minimum absolute atomic E-state index is 0.0577. The van der Waals surface area contributed by atoms with Gasteiger partial charge in [0.2, 0.25) is 0 Å². The van der Waals surface area contributed by atoms with Crippen LogP contribution in [0.15, 0.2) is 71.9 Å². The van der Waals surface area contributed by atoms with Gasteiger partial charge in [-0.1, -0.05) is 35.9 Å². The molecule has 0 radical (unpaired) electrons. The zero-order chi connectivity index (χ0) is 22.2. The highest BCUT2D eigenvalue weighted by molar-refractivity contribution is 7.90. The van der Waals surface area contributed by atoms with Crippen molar-refractivity contribution >= 4 is 43.9 Å². The first-order valence-corrected chi connectivity index (χ1v) is 11.6. The number of hydrogen-bond acceptors (Lipinski definition) is 5. The zero-order valence-electron chi connectivity index (χ0n) is 16.8. The third kappa shape index (κ3) is 4.28. The lowest BCUT2D eigenvalue weighted by Crippen LogP contribution is -2.13. The standard InChI is InChI=1S/C23H18ClN3O3S/c1-14-7-8-15(11-19(14)22-18-5-3-4-6-21(18)25-13-26-22)27-23(28)17-10-9-16(12-20(17)24)31(2,29)30/h3-13H,1-2H3,(H,27,28). The van der Waals surface area contributed by atoms with E-state index in [1.165, 1.54) is 24.5 Å². The fraction of sp³-hybridized carbons (Fsp3) is 0.0870. The van der Waals surface area contributed by atoms with Crippen molar-refractivity contribution in [1.29, 1.82) is 0 Å². The number of nitrogens with zero attached hydrogens (tertiary/aromatic N) is 2. The molecule has 8 heteroatoms. The molecule has 0 unspecified atom stereocenters. The summed E-state index contributed by atoms with van der Waals surface area (Å²) in [5, 5.41) is 3.80. The number of rotatable bonds is 4. The van der Waals surface area contributed by atoms with Gasteiger partial charge < -0.3 is 5.32 Å². The first-order chi connectivity index (χ1) is 14.7. The number of nitrogens with one attached hydrogen (secondary N) is 1. The Morgan fingerprint density at radius 1 is 1.00 bits per heavy atom. The normalized spacial score (nSPS) is 11.5. The van der Waals surface area contributed by atoms with Gasteiger partial charge in [-0.15, -0.1) is 0 Å². The first-order valence-electron chi connectivity index (χ1n) is 9.36. The van der Waals surface area contributed by atoms with E-state index in [1.54, 1.807) is 6.07 Å². The van der Waals surface area contributed by atoms with Gasteiger partial charge in [0.25, 0.3) is 5.91 Å². The number of aryl methyl sites for hydroxylation is 1. The molecule has 0 aliphatic carbocycles. The summed E-state index contributed by atoms with van der Waals surface area (Å²) in [6.45, 7) is 1.97. The van der Waals surface area contributed by atoms with Gasteiger partial charge in [0, 0.05) is 22.9 Å². The lowest BCUT2D eigenvalue weighted by molar-refractivity contribution is 0.102. The molecule has 4 aromatic rings. The molecule has 1 heterocycles. The number of fused-ring (bicyclic) bond motifs is 1. The Kier molecular flexibility index (Phi) is 5.47. The van der Waals surface area contributed by atoms with Crippen LogP contribution in [0.3, 0.4) is 0 Å². The smallest absolute Gasteiger partial charge is 0.257 e. The number of carbonyl (C=O) groups excluding carboxylic acids is 1. The molecule has 0 spiro atoms. The molecule has 1 N–H and O–H groups in total. The van der Waals surface area contributed by atoms with Crippen molar-refractivity contribution in [2.24, 2.45) is 0 Å². The van der Waals surface area contributed by atoms with Gasteiger partial charge in [-0.2, -0.15) is 0 Å². The quantitative estimate of drug-likeness (QED) is 0.476. The van der Waals surface area contributed by atoms with Crippen LogP contribution in [0, 0.1) is 6.92 Å². The van der Waals surface area contributed by atoms with E-state index in [2.05, 4.69) is 15.3 Å². The van der Waals surface area contributed by atoms with E-state index in [0.717, 1.165) is 34.0 Å². The minimum Gasteiger partial charge on any atom is -0.322 e. The Balaban J connectivity index is 1.69. The number of halogens is 1. The molecule has 0 aliphatic heterocycles. The summed E-state index contributed by atoms with van der Waals surface area (Å²) in [7, 11) is -3.41. The SMILES string of the molecule is Cc1ccc(NC(=O)c2ccc(S(C)(=O)=O)cc2Cl)cc1-c1ncnc2ccccc12. The van der Waals surface area contributed by atoms with E-state index < -0.39 is 15.7 Å². The van der Waals surface area contributed by atoms with Crippen molar-refractivity contribution < 1.29 is 13.2 Å². The summed E-state index contributed by atoms with van der Waals surface area (Å²) in [6.07, 6.45) is 2.61. The molecule has 0 atom stereocenters. The van der Waals surface area contributed by atoms with Gasteiger partial charge in [0.05, 0.1) is 26.7 Å². The molecular formula is C23H18ClN3O3S. The lowest BCUT2D eigenvalue weighted by atomic mass is 10.0. The van der Waals surface area contributed by atoms with Crippen molar-refractivity contribution in [3.8, 4) is 11.3 Å². The number of para-hydroxylation sites is 1. The summed E-state index contributed by atoms with van der Waals surface area (Å²) in [5.41, 5.74) is 4.22. The van der Waals surface area contributed by atoms with Crippen LogP contribution in [0.1, 0.15) is 15.9 Å². The van der Waals surface area contributed by atoms with Gasteiger partial charge in [0.1, 0.15) is 6.33 Å². The van der Waals surface area contributed by atoms with Gasteiger partial charge in [-0.05, 0) is 48.9 Å². The van der Waals surface area contributed by atoms with E-state index >= 15 is 0 Å². The van der Waals surface area contributed by atoms with Crippen LogP contribution < -0.4 is 5.32 Å². The molecule has 1 amide bonds. The average Bonchev–Trinajstić information content (AvgIpc) is 2.74. The monoisotopic (exact) mass is 451 g/mol. The van der Waals surface area contributed by atoms with Gasteiger partial charge >= 0.3 is 0 Å². The third-order valence-electron chi connectivity index (χ3n) is 4.91. The average molecular weight is 452 g/mol. The maximum atomic E-state index is 12.8. The number of amides is 1. The molecule has 1 aromatic heterocycles. The third-order valence-corrected chi connectivity index (χ3v) is 6.33. The molecule has 156 valence electrons. The highest BCUT2D eigenvalue weighted by atomic mass is 35.5. The molecule has 0 fully saturated rings. The molecule has 31 heavy (non-hydrogen) atoms. The zero-order valence-corrected chi connectivity index (χ0v) is 18.3. The fourth-order valence-corrected chi connectivity index (χ4v) is 4.26. The Bertz CT molecular complexity index is 1430. The Labute approximate surface area is 184 Å². The molecular weight excluding hydrogens is 434 g/mol. The Hall–Kier alpha value is -3.29. The fourth-order valence-electron chi connectivity index (χ4n) is 3.28. The van der Waals surface area contributed by atoms with Gasteiger partial charge in [0.15, 0.2) is 9.84 Å². The molecule has 0 saturated carbocycles. The number of benzene rings is 3. The Morgan fingerprint density at radius 3 is 2.52 bits per heavy atom. The minimum atomic E-state index is -3.41. The molecule has 6 nitrogen and oxygen atoms in total. The Morgan fingerprint density at radius 2 is 1.77 bits per heavy atom. The molecule has 0 aliphatic rings. The molecule has 0 bridgehead atoms. The predicted octanol–water partition coefficient (Wildman–Crippen LogP) is 4.91. The van der Waals surface area contributed by atoms with E-state index in [0.29, 0.717) is 5.69 Å². The van der Waals surface area contributed by atoms with E-state index in [4.69, 9.17) is 11.6 Å². The van der Waals surface area contributed by atoms with Crippen LogP contribution in [0.5, 0.6) is 0 Å². The topological polar surface area (TPSA) is 89.0 Å². The molecule has 0 saturated heterocycles. The van der Waals surface area contributed by atoms with Crippen LogP contribution in [-0.2, 0) is 9.84 Å². The van der Waals surface area contributed by atoms with Crippen molar-refractivity contribution in [3.63, 3.8) is 0 Å². The summed E-state index contributed by atoms with van der Waals surface area (Å²) in [5.74, 6) is -0.438. The number of aromatic nitrogens is 2. The first kappa shape index (κ1) is 21.0. The van der Waals surface area contributed by atoms with E-state index in [1.807, 2.05) is 43.3 Å². The largest absolute Gasteiger partial charge is 0.322 e. The number of sulfone groups is 1.